The lowest BCUT2D eigenvalue weighted by atomic mass is 10.2. The first-order valence-electron chi connectivity index (χ1n) is 8.70. The van der Waals surface area contributed by atoms with Crippen molar-refractivity contribution in [2.24, 2.45) is 4.99 Å². The molecule has 1 N–H and O–H groups in total. The summed E-state index contributed by atoms with van der Waals surface area (Å²) in [5.41, 5.74) is 1.22. The van der Waals surface area contributed by atoms with Crippen LogP contribution in [0.5, 0.6) is 5.75 Å². The zero-order chi connectivity index (χ0) is 18.1. The van der Waals surface area contributed by atoms with Gasteiger partial charge in [0.05, 0.1) is 13.2 Å². The van der Waals surface area contributed by atoms with Gasteiger partial charge in [0.2, 0.25) is 0 Å². The van der Waals surface area contributed by atoms with Gasteiger partial charge in [-0.3, -0.25) is 4.99 Å². The molecule has 0 aromatic heterocycles. The van der Waals surface area contributed by atoms with Crippen molar-refractivity contribution in [1.29, 1.82) is 0 Å². The average Bonchev–Trinajstić information content (AvgIpc) is 2.64. The number of halogens is 1. The van der Waals surface area contributed by atoms with E-state index in [1.54, 1.807) is 11.9 Å². The monoisotopic (exact) mass is 476 g/mol. The number of benzene rings is 1. The molecule has 26 heavy (non-hydrogen) atoms. The van der Waals surface area contributed by atoms with Crippen molar-refractivity contribution in [2.75, 3.05) is 53.0 Å². The molecule has 0 atom stereocenters. The summed E-state index contributed by atoms with van der Waals surface area (Å²) >= 11 is 0. The Morgan fingerprint density at radius 3 is 2.35 bits per heavy atom. The fourth-order valence-electron chi connectivity index (χ4n) is 2.61. The van der Waals surface area contributed by atoms with Crippen LogP contribution in [0.3, 0.4) is 0 Å². The van der Waals surface area contributed by atoms with Gasteiger partial charge in [0.1, 0.15) is 12.4 Å². The largest absolute Gasteiger partial charge is 0.492 e. The average molecular weight is 476 g/mol. The smallest absolute Gasteiger partial charge is 0.409 e. The van der Waals surface area contributed by atoms with E-state index >= 15 is 0 Å². The first-order chi connectivity index (χ1) is 12.1. The van der Waals surface area contributed by atoms with Crippen LogP contribution in [0.25, 0.3) is 0 Å². The summed E-state index contributed by atoms with van der Waals surface area (Å²) in [5, 5.41) is 3.31. The van der Waals surface area contributed by atoms with Crippen molar-refractivity contribution in [3.05, 3.63) is 29.8 Å². The summed E-state index contributed by atoms with van der Waals surface area (Å²) in [5.74, 6) is 1.70. The minimum atomic E-state index is -0.239. The highest BCUT2D eigenvalue weighted by Gasteiger charge is 2.23. The molecule has 0 spiro atoms. The van der Waals surface area contributed by atoms with E-state index < -0.39 is 0 Å². The predicted molar refractivity (Wildman–Crippen MR) is 114 cm³/mol. The molecule has 0 bridgehead atoms. The van der Waals surface area contributed by atoms with Gasteiger partial charge in [-0.2, -0.15) is 0 Å². The summed E-state index contributed by atoms with van der Waals surface area (Å²) in [6.07, 6.45) is -0.239. The molecule has 1 fully saturated rings. The van der Waals surface area contributed by atoms with Crippen LogP contribution in [0.15, 0.2) is 29.3 Å². The molecule has 1 aromatic rings. The van der Waals surface area contributed by atoms with Crippen LogP contribution in [-0.2, 0) is 4.74 Å². The van der Waals surface area contributed by atoms with Crippen LogP contribution in [0.1, 0.15) is 12.5 Å². The highest BCUT2D eigenvalue weighted by atomic mass is 127. The van der Waals surface area contributed by atoms with Gasteiger partial charge in [-0.15, -0.1) is 24.0 Å². The van der Waals surface area contributed by atoms with Crippen LogP contribution in [0.2, 0.25) is 0 Å². The number of aryl methyl sites for hydroxylation is 1. The van der Waals surface area contributed by atoms with E-state index in [2.05, 4.69) is 22.1 Å². The minimum absolute atomic E-state index is 0. The second-order valence-electron chi connectivity index (χ2n) is 5.81. The maximum atomic E-state index is 11.7. The maximum absolute atomic E-state index is 11.7. The number of piperazine rings is 1. The second-order valence-corrected chi connectivity index (χ2v) is 5.81. The second kappa shape index (κ2) is 11.8. The predicted octanol–water partition coefficient (Wildman–Crippen LogP) is 2.34. The Morgan fingerprint density at radius 1 is 1.15 bits per heavy atom. The van der Waals surface area contributed by atoms with Gasteiger partial charge < -0.3 is 24.6 Å². The molecule has 8 heteroatoms. The Kier molecular flexibility index (Phi) is 10.2. The van der Waals surface area contributed by atoms with Crippen molar-refractivity contribution in [3.63, 3.8) is 0 Å². The molecule has 1 aliphatic heterocycles. The number of carbonyl (C=O) groups excluding carboxylic acids is 1. The quantitative estimate of drug-likeness (QED) is 0.306. The number of hydrogen-bond acceptors (Lipinski definition) is 4. The third-order valence-corrected chi connectivity index (χ3v) is 3.99. The molecular weight excluding hydrogens is 447 g/mol. The number of rotatable bonds is 5. The van der Waals surface area contributed by atoms with Crippen molar-refractivity contribution in [2.45, 2.75) is 13.8 Å². The molecule has 7 nitrogen and oxygen atoms in total. The van der Waals surface area contributed by atoms with E-state index in [4.69, 9.17) is 9.47 Å². The topological polar surface area (TPSA) is 66.4 Å². The van der Waals surface area contributed by atoms with E-state index in [0.717, 1.165) is 24.8 Å². The normalized spacial score (nSPS) is 14.5. The minimum Gasteiger partial charge on any atom is -0.492 e. The summed E-state index contributed by atoms with van der Waals surface area (Å²) in [6.45, 7) is 8.25. The standard InChI is InChI=1S/C18H28N4O3.HI/c1-4-24-18(23)22-12-10-21(11-13-22)17(19-3)20-9-14-25-16-7-5-15(2)6-8-16;/h5-8H,4,9-14H2,1-3H3,(H,19,20);1H. The van der Waals surface area contributed by atoms with Gasteiger partial charge in [-0.25, -0.2) is 4.79 Å². The summed E-state index contributed by atoms with van der Waals surface area (Å²) in [7, 11) is 1.76. The number of aliphatic imine (C=N–C) groups is 1. The number of hydrogen-bond donors (Lipinski definition) is 1. The van der Waals surface area contributed by atoms with E-state index in [1.165, 1.54) is 5.56 Å². The van der Waals surface area contributed by atoms with Gasteiger partial charge in [0.25, 0.3) is 0 Å². The molecule has 146 valence electrons. The number of amides is 1. The zero-order valence-electron chi connectivity index (χ0n) is 15.7. The van der Waals surface area contributed by atoms with Crippen molar-refractivity contribution in [1.82, 2.24) is 15.1 Å². The number of guanidine groups is 1. The molecule has 0 unspecified atom stereocenters. The molecular formula is C18H29IN4O3. The molecule has 0 saturated carbocycles. The lowest BCUT2D eigenvalue weighted by Gasteiger charge is -2.35. The van der Waals surface area contributed by atoms with Crippen LogP contribution >= 0.6 is 24.0 Å². The molecule has 1 amide bonds. The molecule has 1 aliphatic rings. The van der Waals surface area contributed by atoms with Crippen LogP contribution < -0.4 is 10.1 Å². The third kappa shape index (κ3) is 6.89. The lowest BCUT2D eigenvalue weighted by molar-refractivity contribution is 0.0914. The Morgan fingerprint density at radius 2 is 1.77 bits per heavy atom. The fourth-order valence-corrected chi connectivity index (χ4v) is 2.61. The summed E-state index contributed by atoms with van der Waals surface area (Å²) in [4.78, 5) is 19.9. The Balaban J connectivity index is 0.00000338. The van der Waals surface area contributed by atoms with E-state index in [0.29, 0.717) is 32.8 Å². The number of nitrogens with one attached hydrogen (secondary N) is 1. The SMILES string of the molecule is CCOC(=O)N1CCN(C(=NC)NCCOc2ccc(C)cc2)CC1.I. The van der Waals surface area contributed by atoms with E-state index in [-0.39, 0.29) is 30.1 Å². The molecule has 1 aromatic carbocycles. The van der Waals surface area contributed by atoms with Crippen molar-refractivity contribution in [3.8, 4) is 5.75 Å². The first-order valence-corrected chi connectivity index (χ1v) is 8.70. The van der Waals surface area contributed by atoms with Gasteiger partial charge in [-0.05, 0) is 26.0 Å². The maximum Gasteiger partial charge on any atom is 0.409 e. The van der Waals surface area contributed by atoms with E-state index in [1.807, 2.05) is 31.2 Å². The Hall–Kier alpha value is -1.71. The Labute approximate surface area is 172 Å². The third-order valence-electron chi connectivity index (χ3n) is 3.99. The summed E-state index contributed by atoms with van der Waals surface area (Å²) in [6, 6.07) is 8.01. The molecule has 0 aliphatic carbocycles. The van der Waals surface area contributed by atoms with Crippen LogP contribution in [0, 0.1) is 6.92 Å². The highest BCUT2D eigenvalue weighted by Crippen LogP contribution is 2.10. The van der Waals surface area contributed by atoms with Gasteiger partial charge in [0, 0.05) is 33.2 Å². The molecule has 1 heterocycles. The number of carbonyl (C=O) groups is 1. The fraction of sp³-hybridized carbons (Fsp3) is 0.556. The molecule has 1 saturated heterocycles. The van der Waals surface area contributed by atoms with Gasteiger partial charge in [0.15, 0.2) is 5.96 Å². The van der Waals surface area contributed by atoms with E-state index in [9.17, 15) is 4.79 Å². The van der Waals surface area contributed by atoms with Crippen LogP contribution in [-0.4, -0.2) is 74.8 Å². The number of ether oxygens (including phenoxy) is 2. The van der Waals surface area contributed by atoms with Gasteiger partial charge in [-0.1, -0.05) is 17.7 Å². The van der Waals surface area contributed by atoms with Crippen molar-refractivity contribution >= 4 is 36.0 Å². The first kappa shape index (κ1) is 22.3. The lowest BCUT2D eigenvalue weighted by Crippen LogP contribution is -2.54. The van der Waals surface area contributed by atoms with Crippen molar-refractivity contribution < 1.29 is 14.3 Å². The molecule has 2 rings (SSSR count). The molecule has 0 radical (unpaired) electrons. The summed E-state index contributed by atoms with van der Waals surface area (Å²) < 4.78 is 10.8. The zero-order valence-corrected chi connectivity index (χ0v) is 18.1. The van der Waals surface area contributed by atoms with Crippen LogP contribution in [0.4, 0.5) is 4.79 Å². The highest BCUT2D eigenvalue weighted by molar-refractivity contribution is 14.0. The van der Waals surface area contributed by atoms with Gasteiger partial charge >= 0.3 is 6.09 Å². The Bertz CT molecular complexity index is 572. The number of nitrogens with zero attached hydrogens (tertiary/aromatic N) is 3.